The van der Waals surface area contributed by atoms with Crippen molar-refractivity contribution in [2.24, 2.45) is 0 Å². The number of alkyl carbamates (subject to hydrolysis) is 1. The summed E-state index contributed by atoms with van der Waals surface area (Å²) in [6.45, 7) is 8.67. The molecule has 0 atom stereocenters. The van der Waals surface area contributed by atoms with Crippen molar-refractivity contribution in [1.29, 1.82) is 0 Å². The number of aryl methyl sites for hydroxylation is 1. The summed E-state index contributed by atoms with van der Waals surface area (Å²) in [5, 5.41) is 3.41. The van der Waals surface area contributed by atoms with Gasteiger partial charge in [0.15, 0.2) is 0 Å². The molecule has 1 amide bonds. The number of rotatable bonds is 3. The molecule has 0 saturated carbocycles. The first-order valence-electron chi connectivity index (χ1n) is 5.57. The van der Waals surface area contributed by atoms with Gasteiger partial charge in [0.05, 0.1) is 5.02 Å². The van der Waals surface area contributed by atoms with Crippen LogP contribution in [-0.4, -0.2) is 22.8 Å². The van der Waals surface area contributed by atoms with Crippen molar-refractivity contribution in [2.45, 2.75) is 39.8 Å². The van der Waals surface area contributed by atoms with Crippen molar-refractivity contribution < 1.29 is 9.53 Å². The third kappa shape index (κ3) is 5.13. The Labute approximate surface area is 107 Å². The zero-order valence-electron chi connectivity index (χ0n) is 10.7. The smallest absolute Gasteiger partial charge is 0.407 e. The number of halogens is 1. The highest BCUT2D eigenvalue weighted by Gasteiger charge is 2.15. The molecular formula is C12H19ClN2O2. The van der Waals surface area contributed by atoms with Gasteiger partial charge in [0.2, 0.25) is 0 Å². The molecule has 0 fully saturated rings. The van der Waals surface area contributed by atoms with Crippen LogP contribution in [0.1, 0.15) is 26.5 Å². The average molecular weight is 259 g/mol. The van der Waals surface area contributed by atoms with Gasteiger partial charge in [-0.25, -0.2) is 4.79 Å². The van der Waals surface area contributed by atoms with E-state index >= 15 is 0 Å². The summed E-state index contributed by atoms with van der Waals surface area (Å²) in [6, 6.07) is 1.88. The van der Waals surface area contributed by atoms with Gasteiger partial charge >= 0.3 is 6.09 Å². The lowest BCUT2D eigenvalue weighted by molar-refractivity contribution is 0.0526. The molecule has 0 saturated heterocycles. The van der Waals surface area contributed by atoms with E-state index in [0.717, 1.165) is 5.69 Å². The molecule has 0 aliphatic rings. The first kappa shape index (κ1) is 13.9. The molecule has 0 bridgehead atoms. The molecule has 96 valence electrons. The number of carbonyl (C=O) groups is 1. The van der Waals surface area contributed by atoms with E-state index in [9.17, 15) is 4.79 Å². The van der Waals surface area contributed by atoms with Gasteiger partial charge in [-0.05, 0) is 33.8 Å². The van der Waals surface area contributed by atoms with E-state index in [1.165, 1.54) is 0 Å². The summed E-state index contributed by atoms with van der Waals surface area (Å²) in [4.78, 5) is 11.4. The highest BCUT2D eigenvalue weighted by Crippen LogP contribution is 2.12. The maximum absolute atomic E-state index is 11.4. The molecular weight excluding hydrogens is 240 g/mol. The summed E-state index contributed by atoms with van der Waals surface area (Å²) in [7, 11) is 0. The maximum Gasteiger partial charge on any atom is 0.407 e. The Hall–Kier alpha value is -1.16. The predicted octanol–water partition coefficient (Wildman–Crippen LogP) is 2.97. The molecule has 1 aromatic rings. The number of ether oxygens (including phenoxy) is 1. The molecule has 4 nitrogen and oxygen atoms in total. The summed E-state index contributed by atoms with van der Waals surface area (Å²) in [6.07, 6.45) is 1.45. The molecule has 0 aromatic carbocycles. The normalized spacial score (nSPS) is 11.4. The second-order valence-electron chi connectivity index (χ2n) is 4.92. The minimum atomic E-state index is -0.462. The predicted molar refractivity (Wildman–Crippen MR) is 68.4 cm³/mol. The number of nitrogens with one attached hydrogen (secondary N) is 1. The van der Waals surface area contributed by atoms with Crippen LogP contribution in [-0.2, 0) is 11.3 Å². The lowest BCUT2D eigenvalue weighted by Crippen LogP contribution is -2.34. The molecule has 0 unspecified atom stereocenters. The molecule has 1 N–H and O–H groups in total. The summed E-state index contributed by atoms with van der Waals surface area (Å²) >= 11 is 5.86. The number of hydrogen-bond acceptors (Lipinski definition) is 2. The summed E-state index contributed by atoms with van der Waals surface area (Å²) in [5.41, 5.74) is 0.609. The molecule has 5 heteroatoms. The fraction of sp³-hybridized carbons (Fsp3) is 0.583. The molecule has 1 rings (SSSR count). The Kier molecular flexibility index (Phi) is 4.46. The number of nitrogens with zero attached hydrogens (tertiary/aromatic N) is 1. The number of amides is 1. The Morgan fingerprint density at radius 1 is 1.53 bits per heavy atom. The first-order valence-corrected chi connectivity index (χ1v) is 5.95. The van der Waals surface area contributed by atoms with Gasteiger partial charge in [-0.15, -0.1) is 0 Å². The van der Waals surface area contributed by atoms with Gasteiger partial charge < -0.3 is 14.6 Å². The van der Waals surface area contributed by atoms with E-state index in [1.54, 1.807) is 0 Å². The van der Waals surface area contributed by atoms with E-state index in [2.05, 4.69) is 5.32 Å². The van der Waals surface area contributed by atoms with Crippen LogP contribution in [0.3, 0.4) is 0 Å². The minimum Gasteiger partial charge on any atom is -0.444 e. The van der Waals surface area contributed by atoms with Crippen LogP contribution in [0.5, 0.6) is 0 Å². The lowest BCUT2D eigenvalue weighted by atomic mass is 10.2. The third-order valence-corrected chi connectivity index (χ3v) is 2.31. The number of carbonyl (C=O) groups excluding carboxylic acids is 1. The minimum absolute atomic E-state index is 0.395. The molecule has 1 aromatic heterocycles. The van der Waals surface area contributed by atoms with Crippen molar-refractivity contribution in [3.05, 3.63) is 23.0 Å². The van der Waals surface area contributed by atoms with E-state index < -0.39 is 11.7 Å². The molecule has 0 aliphatic heterocycles. The van der Waals surface area contributed by atoms with Gasteiger partial charge in [0.25, 0.3) is 0 Å². The van der Waals surface area contributed by atoms with Gasteiger partial charge in [0, 0.05) is 25.0 Å². The van der Waals surface area contributed by atoms with Gasteiger partial charge in [-0.2, -0.15) is 0 Å². The van der Waals surface area contributed by atoms with Crippen molar-refractivity contribution in [3.8, 4) is 0 Å². The summed E-state index contributed by atoms with van der Waals surface area (Å²) < 4.78 is 7.11. The van der Waals surface area contributed by atoms with Crippen molar-refractivity contribution in [1.82, 2.24) is 9.88 Å². The van der Waals surface area contributed by atoms with E-state index in [-0.39, 0.29) is 0 Å². The van der Waals surface area contributed by atoms with Crippen LogP contribution in [0.4, 0.5) is 4.79 Å². The topological polar surface area (TPSA) is 43.3 Å². The Morgan fingerprint density at radius 3 is 2.65 bits per heavy atom. The monoisotopic (exact) mass is 258 g/mol. The highest BCUT2D eigenvalue weighted by atomic mass is 35.5. The lowest BCUT2D eigenvalue weighted by Gasteiger charge is -2.19. The van der Waals surface area contributed by atoms with Crippen LogP contribution < -0.4 is 5.32 Å². The molecule has 0 aliphatic carbocycles. The highest BCUT2D eigenvalue weighted by molar-refractivity contribution is 6.30. The van der Waals surface area contributed by atoms with Crippen molar-refractivity contribution in [2.75, 3.05) is 6.54 Å². The number of hydrogen-bond donors (Lipinski definition) is 1. The molecule has 1 heterocycles. The van der Waals surface area contributed by atoms with Gasteiger partial charge in [0.1, 0.15) is 5.60 Å². The second kappa shape index (κ2) is 5.45. The van der Waals surface area contributed by atoms with Crippen molar-refractivity contribution in [3.63, 3.8) is 0 Å². The van der Waals surface area contributed by atoms with Crippen LogP contribution in [0.25, 0.3) is 0 Å². The van der Waals surface area contributed by atoms with Crippen LogP contribution >= 0.6 is 11.6 Å². The van der Waals surface area contributed by atoms with Crippen molar-refractivity contribution >= 4 is 17.7 Å². The van der Waals surface area contributed by atoms with Gasteiger partial charge in [-0.3, -0.25) is 0 Å². The molecule has 0 radical (unpaired) electrons. The fourth-order valence-electron chi connectivity index (χ4n) is 1.40. The molecule has 0 spiro atoms. The van der Waals surface area contributed by atoms with Crippen LogP contribution in [0.2, 0.25) is 5.02 Å². The maximum atomic E-state index is 11.4. The first-order chi connectivity index (χ1) is 7.78. The van der Waals surface area contributed by atoms with E-state index in [0.29, 0.717) is 18.1 Å². The largest absolute Gasteiger partial charge is 0.444 e. The Bertz CT molecular complexity index is 394. The second-order valence-corrected chi connectivity index (χ2v) is 5.36. The fourth-order valence-corrected chi connectivity index (χ4v) is 1.68. The van der Waals surface area contributed by atoms with E-state index in [1.807, 2.05) is 44.5 Å². The Morgan fingerprint density at radius 2 is 2.18 bits per heavy atom. The number of aromatic nitrogens is 1. The van der Waals surface area contributed by atoms with Gasteiger partial charge in [-0.1, -0.05) is 11.6 Å². The zero-order valence-corrected chi connectivity index (χ0v) is 11.5. The Balaban J connectivity index is 2.33. The quantitative estimate of drug-likeness (QED) is 0.906. The van der Waals surface area contributed by atoms with E-state index in [4.69, 9.17) is 16.3 Å². The van der Waals surface area contributed by atoms with Crippen LogP contribution in [0, 0.1) is 6.92 Å². The zero-order chi connectivity index (χ0) is 13.1. The third-order valence-electron chi connectivity index (χ3n) is 2.10. The van der Waals surface area contributed by atoms with Crippen LogP contribution in [0.15, 0.2) is 12.3 Å². The SMILES string of the molecule is Cc1cc(Cl)cn1CCNC(=O)OC(C)(C)C. The molecule has 17 heavy (non-hydrogen) atoms. The standard InChI is InChI=1S/C12H19ClN2O2/c1-9-7-10(13)8-15(9)6-5-14-11(16)17-12(2,3)4/h7-8H,5-6H2,1-4H3,(H,14,16). The average Bonchev–Trinajstić information content (AvgIpc) is 2.42. The summed E-state index contributed by atoms with van der Waals surface area (Å²) in [5.74, 6) is 0.